The van der Waals surface area contributed by atoms with Crippen molar-refractivity contribution in [3.05, 3.63) is 18.0 Å². The first kappa shape index (κ1) is 14.2. The Morgan fingerprint density at radius 2 is 1.70 bits per heavy atom. The van der Waals surface area contributed by atoms with Crippen molar-refractivity contribution >= 4 is 0 Å². The van der Waals surface area contributed by atoms with E-state index in [2.05, 4.69) is 17.1 Å². The Labute approximate surface area is 117 Å². The molecule has 0 amide bonds. The van der Waals surface area contributed by atoms with Crippen molar-refractivity contribution in [2.75, 3.05) is 21.3 Å². The molecule has 1 heterocycles. The van der Waals surface area contributed by atoms with Crippen LogP contribution in [0.1, 0.15) is 19.2 Å². The second-order valence-corrected chi connectivity index (χ2v) is 4.18. The number of rotatable bonds is 6. The number of ether oxygens (including phenoxy) is 3. The number of methoxy groups -OCH3 is 3. The lowest BCUT2D eigenvalue weighted by atomic mass is 10.1. The van der Waals surface area contributed by atoms with Crippen LogP contribution in [0.4, 0.5) is 0 Å². The van der Waals surface area contributed by atoms with Crippen LogP contribution in [0.2, 0.25) is 0 Å². The zero-order valence-electron chi connectivity index (χ0n) is 12.1. The fourth-order valence-corrected chi connectivity index (χ4v) is 1.90. The van der Waals surface area contributed by atoms with Gasteiger partial charge in [0, 0.05) is 12.0 Å². The molecule has 0 aliphatic carbocycles. The van der Waals surface area contributed by atoms with Crippen molar-refractivity contribution in [2.45, 2.75) is 19.8 Å². The Morgan fingerprint density at radius 1 is 1.05 bits per heavy atom. The van der Waals surface area contributed by atoms with Gasteiger partial charge in [0.15, 0.2) is 11.5 Å². The highest BCUT2D eigenvalue weighted by atomic mass is 16.5. The molecule has 108 valence electrons. The lowest BCUT2D eigenvalue weighted by Crippen LogP contribution is -1.96. The maximum Gasteiger partial charge on any atom is 0.226 e. The normalized spacial score (nSPS) is 10.4. The smallest absolute Gasteiger partial charge is 0.226 e. The van der Waals surface area contributed by atoms with E-state index in [4.69, 9.17) is 18.7 Å². The van der Waals surface area contributed by atoms with Gasteiger partial charge in [-0.15, -0.1) is 0 Å². The Bertz CT molecular complexity index is 555. The van der Waals surface area contributed by atoms with Gasteiger partial charge in [-0.3, -0.25) is 0 Å². The second kappa shape index (κ2) is 6.27. The summed E-state index contributed by atoms with van der Waals surface area (Å²) in [6.07, 6.45) is 1.72. The highest BCUT2D eigenvalue weighted by molar-refractivity contribution is 5.66. The highest BCUT2D eigenvalue weighted by Crippen LogP contribution is 2.40. The SMILES string of the molecule is CCCc1nc(-c2cc(OC)c(OC)c(OC)c2)no1. The van der Waals surface area contributed by atoms with Crippen LogP contribution in [0.3, 0.4) is 0 Å². The van der Waals surface area contributed by atoms with Gasteiger partial charge in [0.2, 0.25) is 17.5 Å². The largest absolute Gasteiger partial charge is 0.493 e. The molecule has 0 N–H and O–H groups in total. The number of benzene rings is 1. The summed E-state index contributed by atoms with van der Waals surface area (Å²) < 4.78 is 21.1. The van der Waals surface area contributed by atoms with Gasteiger partial charge in [0.1, 0.15) is 0 Å². The summed E-state index contributed by atoms with van der Waals surface area (Å²) in [5.74, 6) is 2.78. The molecule has 0 fully saturated rings. The van der Waals surface area contributed by atoms with Crippen LogP contribution in [-0.4, -0.2) is 31.5 Å². The predicted molar refractivity (Wildman–Crippen MR) is 73.4 cm³/mol. The quantitative estimate of drug-likeness (QED) is 0.809. The van der Waals surface area contributed by atoms with Gasteiger partial charge in [-0.2, -0.15) is 4.98 Å². The first-order valence-electron chi connectivity index (χ1n) is 6.36. The van der Waals surface area contributed by atoms with Gasteiger partial charge in [-0.1, -0.05) is 12.1 Å². The number of hydrogen-bond donors (Lipinski definition) is 0. The van der Waals surface area contributed by atoms with Crippen LogP contribution in [0.25, 0.3) is 11.4 Å². The van der Waals surface area contributed by atoms with E-state index in [1.165, 1.54) is 0 Å². The molecule has 0 aliphatic rings. The van der Waals surface area contributed by atoms with Crippen LogP contribution >= 0.6 is 0 Å². The van der Waals surface area contributed by atoms with Gasteiger partial charge < -0.3 is 18.7 Å². The van der Waals surface area contributed by atoms with Gasteiger partial charge >= 0.3 is 0 Å². The van der Waals surface area contributed by atoms with Crippen molar-refractivity contribution in [3.63, 3.8) is 0 Å². The molecule has 0 bridgehead atoms. The Balaban J connectivity index is 2.45. The fraction of sp³-hybridized carbons (Fsp3) is 0.429. The van der Waals surface area contributed by atoms with E-state index < -0.39 is 0 Å². The third kappa shape index (κ3) is 2.68. The zero-order chi connectivity index (χ0) is 14.5. The van der Waals surface area contributed by atoms with Crippen molar-refractivity contribution in [3.8, 4) is 28.6 Å². The molecular formula is C14H18N2O4. The van der Waals surface area contributed by atoms with Crippen LogP contribution < -0.4 is 14.2 Å². The average molecular weight is 278 g/mol. The zero-order valence-corrected chi connectivity index (χ0v) is 12.1. The standard InChI is InChI=1S/C14H18N2O4/c1-5-6-12-15-14(16-20-12)9-7-10(17-2)13(19-4)11(8-9)18-3/h7-8H,5-6H2,1-4H3. The molecule has 0 spiro atoms. The lowest BCUT2D eigenvalue weighted by molar-refractivity contribution is 0.324. The van der Waals surface area contributed by atoms with E-state index in [1.807, 2.05) is 0 Å². The third-order valence-electron chi connectivity index (χ3n) is 2.85. The molecular weight excluding hydrogens is 260 g/mol. The van der Waals surface area contributed by atoms with Crippen molar-refractivity contribution in [1.82, 2.24) is 10.1 Å². The van der Waals surface area contributed by atoms with Crippen LogP contribution in [0, 0.1) is 0 Å². The third-order valence-corrected chi connectivity index (χ3v) is 2.85. The number of aromatic nitrogens is 2. The van der Waals surface area contributed by atoms with E-state index in [0.29, 0.717) is 29.0 Å². The van der Waals surface area contributed by atoms with Gasteiger partial charge in [-0.05, 0) is 18.6 Å². The van der Waals surface area contributed by atoms with Gasteiger partial charge in [-0.25, -0.2) is 0 Å². The highest BCUT2D eigenvalue weighted by Gasteiger charge is 2.17. The molecule has 0 radical (unpaired) electrons. The molecule has 2 aromatic rings. The number of hydrogen-bond acceptors (Lipinski definition) is 6. The molecule has 1 aromatic heterocycles. The molecule has 0 aliphatic heterocycles. The molecule has 1 aromatic carbocycles. The predicted octanol–water partition coefficient (Wildman–Crippen LogP) is 2.71. The summed E-state index contributed by atoms with van der Waals surface area (Å²) in [5.41, 5.74) is 0.755. The average Bonchev–Trinajstić information content (AvgIpc) is 2.94. The maximum atomic E-state index is 5.30. The van der Waals surface area contributed by atoms with Crippen LogP contribution in [-0.2, 0) is 6.42 Å². The topological polar surface area (TPSA) is 66.6 Å². The summed E-state index contributed by atoms with van der Waals surface area (Å²) in [6, 6.07) is 3.59. The summed E-state index contributed by atoms with van der Waals surface area (Å²) in [6.45, 7) is 2.06. The summed E-state index contributed by atoms with van der Waals surface area (Å²) in [7, 11) is 4.70. The van der Waals surface area contributed by atoms with Gasteiger partial charge in [0.05, 0.1) is 21.3 Å². The molecule has 0 saturated heterocycles. The minimum absolute atomic E-state index is 0.507. The molecule has 20 heavy (non-hydrogen) atoms. The summed E-state index contributed by atoms with van der Waals surface area (Å²) in [5, 5.41) is 3.97. The Hall–Kier alpha value is -2.24. The molecule has 0 atom stereocenters. The summed E-state index contributed by atoms with van der Waals surface area (Å²) >= 11 is 0. The minimum atomic E-state index is 0.507. The Morgan fingerprint density at radius 3 is 2.20 bits per heavy atom. The summed E-state index contributed by atoms with van der Waals surface area (Å²) in [4.78, 5) is 4.35. The molecule has 0 saturated carbocycles. The van der Waals surface area contributed by atoms with E-state index >= 15 is 0 Å². The van der Waals surface area contributed by atoms with E-state index in [-0.39, 0.29) is 0 Å². The lowest BCUT2D eigenvalue weighted by Gasteiger charge is -2.12. The number of aryl methyl sites for hydroxylation is 1. The molecule has 6 nitrogen and oxygen atoms in total. The minimum Gasteiger partial charge on any atom is -0.493 e. The van der Waals surface area contributed by atoms with E-state index in [9.17, 15) is 0 Å². The van der Waals surface area contributed by atoms with E-state index in [1.54, 1.807) is 33.5 Å². The van der Waals surface area contributed by atoms with Gasteiger partial charge in [0.25, 0.3) is 0 Å². The van der Waals surface area contributed by atoms with Crippen LogP contribution in [0.5, 0.6) is 17.2 Å². The van der Waals surface area contributed by atoms with Crippen molar-refractivity contribution in [2.24, 2.45) is 0 Å². The first-order valence-corrected chi connectivity index (χ1v) is 6.36. The Kier molecular flexibility index (Phi) is 4.45. The molecule has 2 rings (SSSR count). The first-order chi connectivity index (χ1) is 9.73. The number of nitrogens with zero attached hydrogens (tertiary/aromatic N) is 2. The monoisotopic (exact) mass is 278 g/mol. The van der Waals surface area contributed by atoms with Crippen LogP contribution in [0.15, 0.2) is 16.7 Å². The van der Waals surface area contributed by atoms with Crippen molar-refractivity contribution in [1.29, 1.82) is 0 Å². The second-order valence-electron chi connectivity index (χ2n) is 4.18. The van der Waals surface area contributed by atoms with E-state index in [0.717, 1.165) is 18.4 Å². The maximum absolute atomic E-state index is 5.30. The molecule has 6 heteroatoms. The van der Waals surface area contributed by atoms with Crippen molar-refractivity contribution < 1.29 is 18.7 Å². The molecule has 0 unspecified atom stereocenters. The fourth-order valence-electron chi connectivity index (χ4n) is 1.90.